The average molecular weight is 333 g/mol. The molecule has 6 heteroatoms. The molecule has 0 spiro atoms. The third kappa shape index (κ3) is 2.05. The fourth-order valence-electron chi connectivity index (χ4n) is 1.17. The van der Waals surface area contributed by atoms with Gasteiger partial charge in [-0.05, 0) is 35.0 Å². The van der Waals surface area contributed by atoms with E-state index in [-0.39, 0.29) is 0 Å². The van der Waals surface area contributed by atoms with Crippen LogP contribution in [-0.4, -0.2) is 10.1 Å². The molecule has 78 valence electrons. The summed E-state index contributed by atoms with van der Waals surface area (Å²) in [5, 5.41) is 3.72. The Kier molecular flexibility index (Phi) is 2.79. The first kappa shape index (κ1) is 10.6. The van der Waals surface area contributed by atoms with E-state index in [4.69, 9.17) is 10.3 Å². The van der Waals surface area contributed by atoms with Gasteiger partial charge >= 0.3 is 0 Å². The minimum absolute atomic E-state index is 0.423. The number of benzene rings is 1. The summed E-state index contributed by atoms with van der Waals surface area (Å²) < 4.78 is 6.75. The van der Waals surface area contributed by atoms with Crippen LogP contribution in [0.1, 0.15) is 5.82 Å². The number of anilines is 1. The number of hydrogen-bond donors (Lipinski definition) is 1. The van der Waals surface area contributed by atoms with Gasteiger partial charge in [-0.2, -0.15) is 4.98 Å². The van der Waals surface area contributed by atoms with Crippen molar-refractivity contribution >= 4 is 37.5 Å². The van der Waals surface area contributed by atoms with Gasteiger partial charge in [0, 0.05) is 8.95 Å². The lowest BCUT2D eigenvalue weighted by Crippen LogP contribution is -1.92. The Morgan fingerprint density at radius 3 is 2.67 bits per heavy atom. The highest BCUT2D eigenvalue weighted by Gasteiger charge is 2.13. The van der Waals surface area contributed by atoms with Crippen LogP contribution in [0.15, 0.2) is 25.6 Å². The van der Waals surface area contributed by atoms with Crippen molar-refractivity contribution in [2.24, 2.45) is 0 Å². The van der Waals surface area contributed by atoms with Gasteiger partial charge in [-0.25, -0.2) is 0 Å². The van der Waals surface area contributed by atoms with Crippen molar-refractivity contribution in [3.63, 3.8) is 0 Å². The standard InChI is InChI=1S/C9H7Br2N3O/c1-4-13-9(15-14-4)6-2-5(10)3-7(11)8(6)12/h2-3H,12H2,1H3. The second kappa shape index (κ2) is 3.94. The number of halogens is 2. The molecule has 0 bridgehead atoms. The highest BCUT2D eigenvalue weighted by molar-refractivity contribution is 9.11. The zero-order valence-corrected chi connectivity index (χ0v) is 11.0. The van der Waals surface area contributed by atoms with Crippen LogP contribution in [0.4, 0.5) is 5.69 Å². The quantitative estimate of drug-likeness (QED) is 0.815. The van der Waals surface area contributed by atoms with E-state index < -0.39 is 0 Å². The Bertz CT molecular complexity index is 510. The lowest BCUT2D eigenvalue weighted by molar-refractivity contribution is 0.426. The molecule has 0 amide bonds. The predicted molar refractivity (Wildman–Crippen MR) is 64.3 cm³/mol. The summed E-state index contributed by atoms with van der Waals surface area (Å²) in [4.78, 5) is 4.12. The van der Waals surface area contributed by atoms with Crippen molar-refractivity contribution in [2.45, 2.75) is 6.92 Å². The number of aromatic nitrogens is 2. The fourth-order valence-corrected chi connectivity index (χ4v) is 2.39. The monoisotopic (exact) mass is 331 g/mol. The van der Waals surface area contributed by atoms with E-state index in [1.54, 1.807) is 6.92 Å². The molecule has 1 heterocycles. The van der Waals surface area contributed by atoms with Gasteiger partial charge in [0.25, 0.3) is 5.89 Å². The van der Waals surface area contributed by atoms with Gasteiger partial charge in [-0.1, -0.05) is 21.1 Å². The Balaban J connectivity index is 2.62. The first-order chi connectivity index (χ1) is 7.08. The number of nitrogen functional groups attached to an aromatic ring is 1. The Morgan fingerprint density at radius 2 is 2.07 bits per heavy atom. The van der Waals surface area contributed by atoms with Gasteiger partial charge in [0.05, 0.1) is 11.3 Å². The summed E-state index contributed by atoms with van der Waals surface area (Å²) >= 11 is 6.73. The summed E-state index contributed by atoms with van der Waals surface area (Å²) in [6.45, 7) is 1.76. The second-order valence-electron chi connectivity index (χ2n) is 3.00. The molecule has 0 aliphatic carbocycles. The maximum Gasteiger partial charge on any atom is 0.260 e. The molecule has 0 aliphatic rings. The van der Waals surface area contributed by atoms with Crippen LogP contribution in [0.5, 0.6) is 0 Å². The van der Waals surface area contributed by atoms with Gasteiger partial charge in [0.2, 0.25) is 0 Å². The summed E-state index contributed by atoms with van der Waals surface area (Å²) in [7, 11) is 0. The molecule has 0 aliphatic heterocycles. The molecule has 0 atom stereocenters. The zero-order chi connectivity index (χ0) is 11.0. The van der Waals surface area contributed by atoms with Crippen LogP contribution in [-0.2, 0) is 0 Å². The molecule has 15 heavy (non-hydrogen) atoms. The van der Waals surface area contributed by atoms with Crippen LogP contribution in [0, 0.1) is 6.92 Å². The van der Waals surface area contributed by atoms with Crippen molar-refractivity contribution in [3.8, 4) is 11.5 Å². The maximum absolute atomic E-state index is 5.90. The summed E-state index contributed by atoms with van der Waals surface area (Å²) in [6.07, 6.45) is 0. The molecule has 0 saturated carbocycles. The number of aryl methyl sites for hydroxylation is 1. The van der Waals surface area contributed by atoms with Crippen LogP contribution < -0.4 is 5.73 Å². The smallest absolute Gasteiger partial charge is 0.260 e. The van der Waals surface area contributed by atoms with Gasteiger partial charge in [-0.3, -0.25) is 0 Å². The van der Waals surface area contributed by atoms with Crippen molar-refractivity contribution < 1.29 is 4.52 Å². The number of nitrogens with zero attached hydrogens (tertiary/aromatic N) is 2. The maximum atomic E-state index is 5.90. The predicted octanol–water partition coefficient (Wildman–Crippen LogP) is 3.15. The van der Waals surface area contributed by atoms with Crippen LogP contribution in [0.3, 0.4) is 0 Å². The molecule has 0 radical (unpaired) electrons. The Labute approximate surface area is 103 Å². The van der Waals surface area contributed by atoms with Crippen molar-refractivity contribution in [1.82, 2.24) is 10.1 Å². The molecule has 0 unspecified atom stereocenters. The van der Waals surface area contributed by atoms with Crippen LogP contribution in [0.2, 0.25) is 0 Å². The normalized spacial score (nSPS) is 10.6. The fraction of sp³-hybridized carbons (Fsp3) is 0.111. The minimum atomic E-state index is 0.423. The lowest BCUT2D eigenvalue weighted by atomic mass is 10.2. The first-order valence-corrected chi connectivity index (χ1v) is 5.71. The van der Waals surface area contributed by atoms with Crippen molar-refractivity contribution in [1.29, 1.82) is 0 Å². The van der Waals surface area contributed by atoms with E-state index in [0.717, 1.165) is 14.5 Å². The summed E-state index contributed by atoms with van der Waals surface area (Å²) in [6, 6.07) is 3.70. The Hall–Kier alpha value is -0.880. The molecular weight excluding hydrogens is 326 g/mol. The minimum Gasteiger partial charge on any atom is -0.397 e. The molecule has 2 rings (SSSR count). The molecular formula is C9H7Br2N3O. The molecule has 2 N–H and O–H groups in total. The van der Waals surface area contributed by atoms with E-state index >= 15 is 0 Å². The van der Waals surface area contributed by atoms with Crippen molar-refractivity contribution in [2.75, 3.05) is 5.73 Å². The highest BCUT2D eigenvalue weighted by atomic mass is 79.9. The van der Waals surface area contributed by atoms with Gasteiger partial charge in [0.15, 0.2) is 5.82 Å². The largest absolute Gasteiger partial charge is 0.397 e. The highest BCUT2D eigenvalue weighted by Crippen LogP contribution is 2.34. The van der Waals surface area contributed by atoms with Crippen LogP contribution in [0.25, 0.3) is 11.5 Å². The molecule has 1 aromatic heterocycles. The third-order valence-electron chi connectivity index (χ3n) is 1.85. The number of rotatable bonds is 1. The SMILES string of the molecule is Cc1noc(-c2cc(Br)cc(Br)c2N)n1. The van der Waals surface area contributed by atoms with E-state index in [9.17, 15) is 0 Å². The third-order valence-corrected chi connectivity index (χ3v) is 2.97. The lowest BCUT2D eigenvalue weighted by Gasteiger charge is -2.04. The molecule has 2 aromatic rings. The first-order valence-electron chi connectivity index (χ1n) is 4.13. The second-order valence-corrected chi connectivity index (χ2v) is 4.77. The van der Waals surface area contributed by atoms with E-state index in [1.807, 2.05) is 12.1 Å². The molecule has 0 fully saturated rings. The topological polar surface area (TPSA) is 64.9 Å². The van der Waals surface area contributed by atoms with E-state index in [2.05, 4.69) is 42.0 Å². The van der Waals surface area contributed by atoms with Crippen molar-refractivity contribution in [3.05, 3.63) is 26.9 Å². The zero-order valence-electron chi connectivity index (χ0n) is 7.79. The summed E-state index contributed by atoms with van der Waals surface area (Å²) in [5.74, 6) is 1.01. The molecule has 0 saturated heterocycles. The van der Waals surface area contributed by atoms with E-state index in [0.29, 0.717) is 17.4 Å². The summed E-state index contributed by atoms with van der Waals surface area (Å²) in [5.41, 5.74) is 7.20. The number of hydrogen-bond acceptors (Lipinski definition) is 4. The Morgan fingerprint density at radius 1 is 1.33 bits per heavy atom. The average Bonchev–Trinajstić information content (AvgIpc) is 2.58. The molecule has 1 aromatic carbocycles. The van der Waals surface area contributed by atoms with E-state index in [1.165, 1.54) is 0 Å². The van der Waals surface area contributed by atoms with Crippen LogP contribution >= 0.6 is 31.9 Å². The van der Waals surface area contributed by atoms with Gasteiger partial charge < -0.3 is 10.3 Å². The number of nitrogens with two attached hydrogens (primary N) is 1. The van der Waals surface area contributed by atoms with Gasteiger partial charge in [0.1, 0.15) is 0 Å². The van der Waals surface area contributed by atoms with Gasteiger partial charge in [-0.15, -0.1) is 0 Å². The molecule has 4 nitrogen and oxygen atoms in total.